The first kappa shape index (κ1) is 17.2. The Balaban J connectivity index is 2.20. The fraction of sp³-hybridized carbons (Fsp3) is 0.429. The van der Waals surface area contributed by atoms with Gasteiger partial charge in [-0.25, -0.2) is 13.4 Å². The van der Waals surface area contributed by atoms with E-state index in [1.165, 1.54) is 36.4 Å². The van der Waals surface area contributed by atoms with Crippen LogP contribution in [0.4, 0.5) is 5.69 Å². The molecular formula is C14H20N4O4S. The molecule has 0 aliphatic rings. The Labute approximate surface area is 135 Å². The molecule has 0 saturated carbocycles. The molecule has 0 spiro atoms. The van der Waals surface area contributed by atoms with Crippen LogP contribution < -0.4 is 9.46 Å². The molecule has 9 heteroatoms. The Morgan fingerprint density at radius 2 is 2.09 bits per heavy atom. The number of hydrogen-bond acceptors (Lipinski definition) is 6. The lowest BCUT2D eigenvalue weighted by Gasteiger charge is -2.16. The lowest BCUT2D eigenvalue weighted by molar-refractivity contribution is 0.0578. The van der Waals surface area contributed by atoms with Gasteiger partial charge in [-0.2, -0.15) is 5.10 Å². The summed E-state index contributed by atoms with van der Waals surface area (Å²) in [5.74, 6) is 0.377. The number of pyridine rings is 1. The van der Waals surface area contributed by atoms with Crippen molar-refractivity contribution >= 4 is 15.7 Å². The van der Waals surface area contributed by atoms with Crippen LogP contribution in [0, 0.1) is 6.92 Å². The maximum Gasteiger partial charge on any atom is 0.263 e. The average Bonchev–Trinajstić information content (AvgIpc) is 2.82. The molecule has 0 saturated heterocycles. The van der Waals surface area contributed by atoms with Crippen LogP contribution in [-0.4, -0.2) is 41.0 Å². The van der Waals surface area contributed by atoms with Gasteiger partial charge in [-0.15, -0.1) is 0 Å². The largest absolute Gasteiger partial charge is 0.481 e. The lowest BCUT2D eigenvalue weighted by Crippen LogP contribution is -2.26. The quantitative estimate of drug-likeness (QED) is 0.817. The van der Waals surface area contributed by atoms with Crippen molar-refractivity contribution in [2.75, 3.05) is 11.8 Å². The zero-order chi connectivity index (χ0) is 17.3. The minimum atomic E-state index is -3.78. The van der Waals surface area contributed by atoms with E-state index in [1.54, 1.807) is 20.8 Å². The van der Waals surface area contributed by atoms with Gasteiger partial charge in [-0.05, 0) is 26.8 Å². The summed E-state index contributed by atoms with van der Waals surface area (Å²) in [6.07, 6.45) is 4.13. The van der Waals surface area contributed by atoms with Crippen LogP contribution in [0.1, 0.15) is 19.4 Å². The molecule has 0 aliphatic carbocycles. The molecule has 2 N–H and O–H groups in total. The number of sulfonamides is 1. The van der Waals surface area contributed by atoms with Crippen molar-refractivity contribution in [3.8, 4) is 5.88 Å². The van der Waals surface area contributed by atoms with Gasteiger partial charge in [0.1, 0.15) is 4.90 Å². The SMILES string of the molecule is COc1ncc(S(=O)(=O)Nc2cnn(CC(C)(C)O)c2)cc1C. The molecule has 2 aromatic heterocycles. The summed E-state index contributed by atoms with van der Waals surface area (Å²) in [6.45, 7) is 5.25. The topological polar surface area (TPSA) is 106 Å². The average molecular weight is 340 g/mol. The highest BCUT2D eigenvalue weighted by atomic mass is 32.2. The molecule has 2 rings (SSSR count). The van der Waals surface area contributed by atoms with Crippen LogP contribution in [-0.2, 0) is 16.6 Å². The molecule has 0 amide bonds. The van der Waals surface area contributed by atoms with Gasteiger partial charge in [0.25, 0.3) is 10.0 Å². The highest BCUT2D eigenvalue weighted by molar-refractivity contribution is 7.92. The van der Waals surface area contributed by atoms with E-state index < -0.39 is 15.6 Å². The Kier molecular flexibility index (Phi) is 4.62. The highest BCUT2D eigenvalue weighted by Crippen LogP contribution is 2.20. The number of rotatable bonds is 6. The molecule has 0 aromatic carbocycles. The van der Waals surface area contributed by atoms with Crippen LogP contribution in [0.5, 0.6) is 5.88 Å². The normalized spacial score (nSPS) is 12.2. The standard InChI is InChI=1S/C14H20N4O4S/c1-10-5-12(7-15-13(10)22-4)23(20,21)17-11-6-16-18(8-11)9-14(2,3)19/h5-8,17,19H,9H2,1-4H3. The zero-order valence-electron chi connectivity index (χ0n) is 13.4. The van der Waals surface area contributed by atoms with E-state index in [9.17, 15) is 13.5 Å². The molecular weight excluding hydrogens is 320 g/mol. The van der Waals surface area contributed by atoms with Crippen molar-refractivity contribution in [1.29, 1.82) is 0 Å². The molecule has 2 heterocycles. The van der Waals surface area contributed by atoms with Crippen molar-refractivity contribution < 1.29 is 18.3 Å². The molecule has 0 fully saturated rings. The number of anilines is 1. The molecule has 0 bridgehead atoms. The molecule has 0 unspecified atom stereocenters. The van der Waals surface area contributed by atoms with Crippen molar-refractivity contribution in [2.24, 2.45) is 0 Å². The van der Waals surface area contributed by atoms with Crippen LogP contribution >= 0.6 is 0 Å². The zero-order valence-corrected chi connectivity index (χ0v) is 14.3. The summed E-state index contributed by atoms with van der Waals surface area (Å²) in [5, 5.41) is 13.8. The van der Waals surface area contributed by atoms with Crippen LogP contribution in [0.15, 0.2) is 29.6 Å². The predicted molar refractivity (Wildman–Crippen MR) is 84.9 cm³/mol. The van der Waals surface area contributed by atoms with E-state index >= 15 is 0 Å². The van der Waals surface area contributed by atoms with E-state index in [2.05, 4.69) is 14.8 Å². The van der Waals surface area contributed by atoms with Gasteiger partial charge in [0.05, 0.1) is 37.3 Å². The van der Waals surface area contributed by atoms with Gasteiger partial charge in [0.15, 0.2) is 0 Å². The third kappa shape index (κ3) is 4.42. The summed E-state index contributed by atoms with van der Waals surface area (Å²) in [6, 6.07) is 1.48. The molecule has 0 radical (unpaired) electrons. The molecule has 126 valence electrons. The fourth-order valence-electron chi connectivity index (χ4n) is 2.01. The highest BCUT2D eigenvalue weighted by Gasteiger charge is 2.19. The second-order valence-electron chi connectivity index (χ2n) is 5.84. The van der Waals surface area contributed by atoms with Crippen molar-refractivity contribution in [2.45, 2.75) is 37.8 Å². The van der Waals surface area contributed by atoms with Crippen molar-refractivity contribution in [3.05, 3.63) is 30.2 Å². The van der Waals surface area contributed by atoms with Crippen LogP contribution in [0.25, 0.3) is 0 Å². The predicted octanol–water partition coefficient (Wildman–Crippen LogP) is 1.17. The van der Waals surface area contributed by atoms with E-state index in [-0.39, 0.29) is 11.4 Å². The van der Waals surface area contributed by atoms with E-state index in [0.29, 0.717) is 17.1 Å². The number of aliphatic hydroxyl groups is 1. The summed E-state index contributed by atoms with van der Waals surface area (Å²) < 4.78 is 33.7. The summed E-state index contributed by atoms with van der Waals surface area (Å²) in [5.41, 5.74) is -0.0186. The first-order valence-electron chi connectivity index (χ1n) is 6.89. The first-order chi connectivity index (χ1) is 10.6. The van der Waals surface area contributed by atoms with Gasteiger partial charge in [0.2, 0.25) is 5.88 Å². The number of ether oxygens (including phenoxy) is 1. The van der Waals surface area contributed by atoms with Gasteiger partial charge >= 0.3 is 0 Å². The van der Waals surface area contributed by atoms with Crippen LogP contribution in [0.3, 0.4) is 0 Å². The Hall–Kier alpha value is -2.13. The Morgan fingerprint density at radius 1 is 1.39 bits per heavy atom. The maximum atomic E-state index is 12.4. The van der Waals surface area contributed by atoms with E-state index in [4.69, 9.17) is 4.74 Å². The molecule has 23 heavy (non-hydrogen) atoms. The smallest absolute Gasteiger partial charge is 0.263 e. The van der Waals surface area contributed by atoms with Gasteiger partial charge in [-0.1, -0.05) is 0 Å². The minimum Gasteiger partial charge on any atom is -0.481 e. The van der Waals surface area contributed by atoms with Crippen molar-refractivity contribution in [1.82, 2.24) is 14.8 Å². The number of hydrogen-bond donors (Lipinski definition) is 2. The molecule has 0 aliphatic heterocycles. The minimum absolute atomic E-state index is 0.0334. The third-order valence-electron chi connectivity index (χ3n) is 2.94. The van der Waals surface area contributed by atoms with Gasteiger partial charge in [0, 0.05) is 11.8 Å². The lowest BCUT2D eigenvalue weighted by atomic mass is 10.1. The molecule has 0 atom stereocenters. The van der Waals surface area contributed by atoms with E-state index in [0.717, 1.165) is 0 Å². The molecule has 2 aromatic rings. The summed E-state index contributed by atoms with van der Waals surface area (Å²) in [7, 11) is -2.30. The number of methoxy groups -OCH3 is 1. The molecule has 8 nitrogen and oxygen atoms in total. The second kappa shape index (κ2) is 6.17. The number of nitrogens with one attached hydrogen (secondary N) is 1. The van der Waals surface area contributed by atoms with Gasteiger partial charge in [-0.3, -0.25) is 9.40 Å². The van der Waals surface area contributed by atoms with Crippen molar-refractivity contribution in [3.63, 3.8) is 0 Å². The fourth-order valence-corrected chi connectivity index (χ4v) is 3.07. The Morgan fingerprint density at radius 3 is 2.65 bits per heavy atom. The monoisotopic (exact) mass is 340 g/mol. The van der Waals surface area contributed by atoms with E-state index in [1.807, 2.05) is 0 Å². The Bertz CT molecular complexity index is 793. The third-order valence-corrected chi connectivity index (χ3v) is 4.29. The first-order valence-corrected chi connectivity index (χ1v) is 8.37. The van der Waals surface area contributed by atoms with Gasteiger partial charge < -0.3 is 9.84 Å². The summed E-state index contributed by atoms with van der Waals surface area (Å²) in [4.78, 5) is 4.00. The second-order valence-corrected chi connectivity index (χ2v) is 7.52. The van der Waals surface area contributed by atoms with Crippen LogP contribution in [0.2, 0.25) is 0 Å². The number of nitrogens with zero attached hydrogens (tertiary/aromatic N) is 3. The number of aryl methyl sites for hydroxylation is 1. The maximum absolute atomic E-state index is 12.4. The number of aromatic nitrogens is 3. The summed E-state index contributed by atoms with van der Waals surface area (Å²) >= 11 is 0.